The van der Waals surface area contributed by atoms with Gasteiger partial charge in [-0.25, -0.2) is 4.98 Å². The molecule has 0 unspecified atom stereocenters. The molecule has 148 valence electrons. The van der Waals surface area contributed by atoms with Gasteiger partial charge in [0.25, 0.3) is 11.8 Å². The zero-order valence-electron chi connectivity index (χ0n) is 16.9. The molecule has 0 spiro atoms. The first-order chi connectivity index (χ1) is 13.9. The molecule has 0 radical (unpaired) electrons. The van der Waals surface area contributed by atoms with Crippen LogP contribution in [0.1, 0.15) is 37.7 Å². The van der Waals surface area contributed by atoms with Crippen LogP contribution in [0.25, 0.3) is 0 Å². The topological polar surface area (TPSA) is 80.3 Å². The number of carbonyl (C=O) groups is 2. The van der Waals surface area contributed by atoms with Gasteiger partial charge in [-0.3, -0.25) is 9.59 Å². The zero-order chi connectivity index (χ0) is 21.0. The number of hydrogen-bond donors (Lipinski definition) is 2. The Hall–Kier alpha value is -3.67. The number of benzene rings is 2. The number of rotatable bonds is 5. The van der Waals surface area contributed by atoms with Crippen LogP contribution < -0.4 is 15.4 Å². The van der Waals surface area contributed by atoms with Gasteiger partial charge in [-0.05, 0) is 67.8 Å². The SMILES string of the molecule is COc1ccc(C)cc1NC(=O)c1cccc(C(=O)Nc2cc(C)ccc2C)n1. The van der Waals surface area contributed by atoms with Crippen LogP contribution in [0.2, 0.25) is 0 Å². The molecule has 0 aliphatic carbocycles. The minimum absolute atomic E-state index is 0.141. The van der Waals surface area contributed by atoms with Gasteiger partial charge in [-0.2, -0.15) is 0 Å². The summed E-state index contributed by atoms with van der Waals surface area (Å²) in [5.41, 5.74) is 4.54. The highest BCUT2D eigenvalue weighted by atomic mass is 16.5. The van der Waals surface area contributed by atoms with Gasteiger partial charge in [-0.15, -0.1) is 0 Å². The highest BCUT2D eigenvalue weighted by Crippen LogP contribution is 2.25. The van der Waals surface area contributed by atoms with Gasteiger partial charge < -0.3 is 15.4 Å². The number of aryl methyl sites for hydroxylation is 3. The highest BCUT2D eigenvalue weighted by Gasteiger charge is 2.15. The van der Waals surface area contributed by atoms with E-state index in [-0.39, 0.29) is 17.3 Å². The molecule has 2 N–H and O–H groups in total. The third kappa shape index (κ3) is 4.79. The Morgan fingerprint density at radius 2 is 1.34 bits per heavy atom. The Bertz CT molecular complexity index is 1080. The molecule has 0 saturated carbocycles. The molecule has 2 amide bonds. The molecule has 1 aromatic heterocycles. The quantitative estimate of drug-likeness (QED) is 0.672. The number of nitrogens with one attached hydrogen (secondary N) is 2. The number of amides is 2. The lowest BCUT2D eigenvalue weighted by Crippen LogP contribution is -2.19. The van der Waals surface area contributed by atoms with Crippen molar-refractivity contribution in [3.05, 3.63) is 82.7 Å². The van der Waals surface area contributed by atoms with E-state index in [2.05, 4.69) is 15.6 Å². The predicted molar refractivity (Wildman–Crippen MR) is 114 cm³/mol. The molecular weight excluding hydrogens is 366 g/mol. The number of aromatic nitrogens is 1. The van der Waals surface area contributed by atoms with Gasteiger partial charge in [0.2, 0.25) is 0 Å². The lowest BCUT2D eigenvalue weighted by atomic mass is 10.1. The molecule has 0 atom stereocenters. The summed E-state index contributed by atoms with van der Waals surface area (Å²) < 4.78 is 5.29. The van der Waals surface area contributed by atoms with Gasteiger partial charge in [0.05, 0.1) is 12.8 Å². The summed E-state index contributed by atoms with van der Waals surface area (Å²) in [7, 11) is 1.54. The van der Waals surface area contributed by atoms with E-state index in [1.54, 1.807) is 24.3 Å². The standard InChI is InChI=1S/C23H23N3O3/c1-14-8-10-16(3)19(12-14)25-22(27)17-6-5-7-18(24-17)23(28)26-20-13-15(2)9-11-21(20)29-4/h5-13H,1-4H3,(H,25,27)(H,26,28). The van der Waals surface area contributed by atoms with Crippen LogP contribution in [0.4, 0.5) is 11.4 Å². The first-order valence-corrected chi connectivity index (χ1v) is 9.19. The molecule has 6 nitrogen and oxygen atoms in total. The third-order valence-corrected chi connectivity index (χ3v) is 4.46. The van der Waals surface area contributed by atoms with E-state index in [9.17, 15) is 9.59 Å². The lowest BCUT2D eigenvalue weighted by molar-refractivity contribution is 0.101. The Kier molecular flexibility index (Phi) is 5.93. The number of nitrogens with zero attached hydrogens (tertiary/aromatic N) is 1. The molecule has 0 saturated heterocycles. The van der Waals surface area contributed by atoms with Crippen LogP contribution in [0.3, 0.4) is 0 Å². The Labute approximate surface area is 169 Å². The van der Waals surface area contributed by atoms with Crippen molar-refractivity contribution in [1.82, 2.24) is 4.98 Å². The summed E-state index contributed by atoms with van der Waals surface area (Å²) in [6.45, 7) is 5.80. The van der Waals surface area contributed by atoms with Gasteiger partial charge >= 0.3 is 0 Å². The molecule has 3 rings (SSSR count). The molecule has 2 aromatic carbocycles. The minimum Gasteiger partial charge on any atom is -0.495 e. The van der Waals surface area contributed by atoms with Crippen LogP contribution in [0, 0.1) is 20.8 Å². The van der Waals surface area contributed by atoms with Crippen LogP contribution in [-0.4, -0.2) is 23.9 Å². The van der Waals surface area contributed by atoms with Crippen molar-refractivity contribution in [2.75, 3.05) is 17.7 Å². The summed E-state index contributed by atoms with van der Waals surface area (Å²) in [5.74, 6) is -0.246. The van der Waals surface area contributed by atoms with E-state index in [0.717, 1.165) is 22.4 Å². The van der Waals surface area contributed by atoms with Gasteiger partial charge in [0.1, 0.15) is 17.1 Å². The van der Waals surface area contributed by atoms with E-state index >= 15 is 0 Å². The number of methoxy groups -OCH3 is 1. The average Bonchev–Trinajstić information content (AvgIpc) is 2.71. The van der Waals surface area contributed by atoms with E-state index in [1.165, 1.54) is 7.11 Å². The van der Waals surface area contributed by atoms with Crippen molar-refractivity contribution in [3.63, 3.8) is 0 Å². The molecule has 0 fully saturated rings. The van der Waals surface area contributed by atoms with Crippen LogP contribution >= 0.6 is 0 Å². The monoisotopic (exact) mass is 389 g/mol. The first-order valence-electron chi connectivity index (χ1n) is 9.19. The first kappa shape index (κ1) is 20.1. The minimum atomic E-state index is -0.421. The third-order valence-electron chi connectivity index (χ3n) is 4.46. The summed E-state index contributed by atoms with van der Waals surface area (Å²) in [5, 5.41) is 5.65. The maximum atomic E-state index is 12.7. The smallest absolute Gasteiger partial charge is 0.274 e. The summed E-state index contributed by atoms with van der Waals surface area (Å²) >= 11 is 0. The second-order valence-electron chi connectivity index (χ2n) is 6.84. The van der Waals surface area contributed by atoms with Crippen molar-refractivity contribution < 1.29 is 14.3 Å². The van der Waals surface area contributed by atoms with Gasteiger partial charge in [0.15, 0.2) is 0 Å². The fourth-order valence-corrected chi connectivity index (χ4v) is 2.85. The van der Waals surface area contributed by atoms with Crippen LogP contribution in [0.5, 0.6) is 5.75 Å². The lowest BCUT2D eigenvalue weighted by Gasteiger charge is -2.12. The Morgan fingerprint density at radius 1 is 0.793 bits per heavy atom. The fraction of sp³-hybridized carbons (Fsp3) is 0.174. The van der Waals surface area contributed by atoms with Crippen molar-refractivity contribution in [2.24, 2.45) is 0 Å². The average molecular weight is 389 g/mol. The molecular formula is C23H23N3O3. The number of anilines is 2. The molecule has 0 aliphatic rings. The molecule has 0 aliphatic heterocycles. The molecule has 3 aromatic rings. The Morgan fingerprint density at radius 3 is 1.97 bits per heavy atom. The normalized spacial score (nSPS) is 10.3. The summed E-state index contributed by atoms with van der Waals surface area (Å²) in [6.07, 6.45) is 0. The van der Waals surface area contributed by atoms with Crippen LogP contribution in [-0.2, 0) is 0 Å². The maximum absolute atomic E-state index is 12.7. The van der Waals surface area contributed by atoms with E-state index in [0.29, 0.717) is 11.4 Å². The number of pyridine rings is 1. The van der Waals surface area contributed by atoms with Crippen LogP contribution in [0.15, 0.2) is 54.6 Å². The molecule has 1 heterocycles. The largest absolute Gasteiger partial charge is 0.495 e. The number of hydrogen-bond acceptors (Lipinski definition) is 4. The van der Waals surface area contributed by atoms with Crippen molar-refractivity contribution in [1.29, 1.82) is 0 Å². The second kappa shape index (κ2) is 8.56. The summed E-state index contributed by atoms with van der Waals surface area (Å²) in [6, 6.07) is 16.1. The summed E-state index contributed by atoms with van der Waals surface area (Å²) in [4.78, 5) is 29.5. The number of carbonyl (C=O) groups excluding carboxylic acids is 2. The molecule has 0 bridgehead atoms. The number of ether oxygens (including phenoxy) is 1. The van der Waals surface area contributed by atoms with Crippen molar-refractivity contribution in [2.45, 2.75) is 20.8 Å². The van der Waals surface area contributed by atoms with Gasteiger partial charge in [-0.1, -0.05) is 24.3 Å². The van der Waals surface area contributed by atoms with Crippen molar-refractivity contribution >= 4 is 23.2 Å². The second-order valence-corrected chi connectivity index (χ2v) is 6.84. The Balaban J connectivity index is 1.80. The van der Waals surface area contributed by atoms with E-state index in [4.69, 9.17) is 4.74 Å². The zero-order valence-corrected chi connectivity index (χ0v) is 16.9. The predicted octanol–water partition coefficient (Wildman–Crippen LogP) is 4.52. The van der Waals surface area contributed by atoms with E-state index in [1.807, 2.05) is 51.1 Å². The molecule has 29 heavy (non-hydrogen) atoms. The van der Waals surface area contributed by atoms with Gasteiger partial charge in [0, 0.05) is 5.69 Å². The molecule has 6 heteroatoms. The van der Waals surface area contributed by atoms with Crippen molar-refractivity contribution in [3.8, 4) is 5.75 Å². The fourth-order valence-electron chi connectivity index (χ4n) is 2.85. The van der Waals surface area contributed by atoms with E-state index < -0.39 is 5.91 Å². The highest BCUT2D eigenvalue weighted by molar-refractivity contribution is 6.06. The maximum Gasteiger partial charge on any atom is 0.274 e.